The fraction of sp³-hybridized carbons (Fsp3) is 0.100. The van der Waals surface area contributed by atoms with E-state index < -0.39 is 0 Å². The first-order valence-electron chi connectivity index (χ1n) is 8.13. The molecule has 0 aliphatic heterocycles. The SMILES string of the molecule is Cc1ccccc1-c1cnnc(NCc2ccc3ncccc3c2)n1. The van der Waals surface area contributed by atoms with E-state index in [9.17, 15) is 0 Å². The highest BCUT2D eigenvalue weighted by molar-refractivity contribution is 5.79. The summed E-state index contributed by atoms with van der Waals surface area (Å²) in [5.74, 6) is 0.520. The molecule has 4 rings (SSSR count). The van der Waals surface area contributed by atoms with Crippen molar-refractivity contribution in [3.8, 4) is 11.3 Å². The van der Waals surface area contributed by atoms with Crippen LogP contribution in [-0.2, 0) is 6.54 Å². The van der Waals surface area contributed by atoms with E-state index in [1.54, 1.807) is 12.4 Å². The minimum atomic E-state index is 0.520. The number of hydrogen-bond acceptors (Lipinski definition) is 5. The Balaban J connectivity index is 1.54. The first-order chi connectivity index (χ1) is 12.3. The van der Waals surface area contributed by atoms with Gasteiger partial charge < -0.3 is 5.32 Å². The summed E-state index contributed by atoms with van der Waals surface area (Å²) < 4.78 is 0. The molecule has 0 unspecified atom stereocenters. The number of aryl methyl sites for hydroxylation is 1. The Kier molecular flexibility index (Phi) is 4.04. The van der Waals surface area contributed by atoms with Crippen LogP contribution in [0.3, 0.4) is 0 Å². The highest BCUT2D eigenvalue weighted by atomic mass is 15.2. The molecule has 0 saturated heterocycles. The van der Waals surface area contributed by atoms with Gasteiger partial charge in [0.05, 0.1) is 17.4 Å². The smallest absolute Gasteiger partial charge is 0.243 e. The van der Waals surface area contributed by atoms with Gasteiger partial charge in [-0.3, -0.25) is 4.98 Å². The standard InChI is InChI=1S/C20H17N5/c1-14-5-2-3-7-17(14)19-13-23-25-20(24-19)22-12-15-8-9-18-16(11-15)6-4-10-21-18/h2-11,13H,12H2,1H3,(H,22,24,25). The average Bonchev–Trinajstić information content (AvgIpc) is 2.67. The molecule has 2 heterocycles. The van der Waals surface area contributed by atoms with Crippen molar-refractivity contribution < 1.29 is 0 Å². The van der Waals surface area contributed by atoms with Crippen molar-refractivity contribution in [1.29, 1.82) is 0 Å². The van der Waals surface area contributed by atoms with Gasteiger partial charge in [0, 0.05) is 23.7 Å². The first-order valence-corrected chi connectivity index (χ1v) is 8.13. The largest absolute Gasteiger partial charge is 0.349 e. The van der Waals surface area contributed by atoms with E-state index in [0.717, 1.165) is 33.3 Å². The monoisotopic (exact) mass is 327 g/mol. The molecule has 0 atom stereocenters. The Bertz CT molecular complexity index is 1030. The van der Waals surface area contributed by atoms with E-state index in [-0.39, 0.29) is 0 Å². The summed E-state index contributed by atoms with van der Waals surface area (Å²) in [5.41, 5.74) is 5.18. The minimum absolute atomic E-state index is 0.520. The van der Waals surface area contributed by atoms with E-state index in [1.807, 2.05) is 30.3 Å². The number of hydrogen-bond donors (Lipinski definition) is 1. The van der Waals surface area contributed by atoms with Crippen molar-refractivity contribution in [3.63, 3.8) is 0 Å². The minimum Gasteiger partial charge on any atom is -0.349 e. The van der Waals surface area contributed by atoms with Crippen molar-refractivity contribution >= 4 is 16.9 Å². The third-order valence-electron chi connectivity index (χ3n) is 4.10. The number of anilines is 1. The number of nitrogens with zero attached hydrogens (tertiary/aromatic N) is 4. The Labute approximate surface area is 145 Å². The molecule has 0 amide bonds. The summed E-state index contributed by atoms with van der Waals surface area (Å²) in [5, 5.41) is 12.5. The number of pyridine rings is 1. The average molecular weight is 327 g/mol. The van der Waals surface area contributed by atoms with Gasteiger partial charge in [0.15, 0.2) is 0 Å². The lowest BCUT2D eigenvalue weighted by atomic mass is 10.1. The van der Waals surface area contributed by atoms with Crippen LogP contribution in [0.15, 0.2) is 67.0 Å². The highest BCUT2D eigenvalue weighted by Crippen LogP contribution is 2.21. The van der Waals surface area contributed by atoms with Gasteiger partial charge in [-0.05, 0) is 36.2 Å². The van der Waals surface area contributed by atoms with E-state index in [2.05, 4.69) is 56.7 Å². The van der Waals surface area contributed by atoms with Gasteiger partial charge in [-0.1, -0.05) is 36.4 Å². The molecule has 2 aromatic heterocycles. The van der Waals surface area contributed by atoms with Gasteiger partial charge in [-0.25, -0.2) is 4.98 Å². The zero-order valence-corrected chi connectivity index (χ0v) is 13.8. The molecule has 122 valence electrons. The second-order valence-electron chi connectivity index (χ2n) is 5.86. The lowest BCUT2D eigenvalue weighted by Gasteiger charge is -2.08. The third-order valence-corrected chi connectivity index (χ3v) is 4.10. The van der Waals surface area contributed by atoms with Gasteiger partial charge in [-0.15, -0.1) is 5.10 Å². The lowest BCUT2D eigenvalue weighted by Crippen LogP contribution is -2.05. The Morgan fingerprint density at radius 1 is 1.00 bits per heavy atom. The van der Waals surface area contributed by atoms with E-state index in [4.69, 9.17) is 0 Å². The molecule has 0 spiro atoms. The second kappa shape index (κ2) is 6.65. The van der Waals surface area contributed by atoms with Gasteiger partial charge in [0.25, 0.3) is 0 Å². The van der Waals surface area contributed by atoms with Gasteiger partial charge in [0.2, 0.25) is 5.95 Å². The van der Waals surface area contributed by atoms with Crippen LogP contribution in [-0.4, -0.2) is 20.2 Å². The van der Waals surface area contributed by atoms with Crippen LogP contribution in [0.2, 0.25) is 0 Å². The van der Waals surface area contributed by atoms with Gasteiger partial charge in [0.1, 0.15) is 0 Å². The molecule has 0 fully saturated rings. The number of rotatable bonds is 4. The maximum atomic E-state index is 4.58. The molecule has 0 radical (unpaired) electrons. The molecule has 1 N–H and O–H groups in total. The van der Waals surface area contributed by atoms with E-state index >= 15 is 0 Å². The van der Waals surface area contributed by atoms with Crippen molar-refractivity contribution in [3.05, 3.63) is 78.1 Å². The second-order valence-corrected chi connectivity index (χ2v) is 5.86. The molecular weight excluding hydrogens is 310 g/mol. The number of fused-ring (bicyclic) bond motifs is 1. The topological polar surface area (TPSA) is 63.6 Å². The first kappa shape index (κ1) is 15.2. The quantitative estimate of drug-likeness (QED) is 0.613. The molecule has 0 saturated carbocycles. The summed E-state index contributed by atoms with van der Waals surface area (Å²) in [6.45, 7) is 2.69. The zero-order chi connectivity index (χ0) is 17.1. The predicted octanol–water partition coefficient (Wildman–Crippen LogP) is 4.01. The van der Waals surface area contributed by atoms with Gasteiger partial charge in [-0.2, -0.15) is 5.10 Å². The summed E-state index contributed by atoms with van der Waals surface area (Å²) in [6.07, 6.45) is 3.49. The van der Waals surface area contributed by atoms with Crippen molar-refractivity contribution in [2.75, 3.05) is 5.32 Å². The Morgan fingerprint density at radius 3 is 2.84 bits per heavy atom. The molecule has 5 heteroatoms. The molecule has 0 bridgehead atoms. The normalized spacial score (nSPS) is 10.8. The predicted molar refractivity (Wildman–Crippen MR) is 99.1 cm³/mol. The lowest BCUT2D eigenvalue weighted by molar-refractivity contribution is 0.949. The van der Waals surface area contributed by atoms with Gasteiger partial charge >= 0.3 is 0 Å². The molecule has 25 heavy (non-hydrogen) atoms. The van der Waals surface area contributed by atoms with Crippen molar-refractivity contribution in [1.82, 2.24) is 20.2 Å². The molecule has 4 aromatic rings. The Morgan fingerprint density at radius 2 is 1.92 bits per heavy atom. The fourth-order valence-electron chi connectivity index (χ4n) is 2.78. The third kappa shape index (κ3) is 3.30. The maximum Gasteiger partial charge on any atom is 0.243 e. The summed E-state index contributed by atoms with van der Waals surface area (Å²) in [6, 6.07) is 18.3. The molecule has 0 aliphatic rings. The summed E-state index contributed by atoms with van der Waals surface area (Å²) in [4.78, 5) is 8.92. The van der Waals surface area contributed by atoms with Crippen molar-refractivity contribution in [2.45, 2.75) is 13.5 Å². The Hall–Kier alpha value is -3.34. The highest BCUT2D eigenvalue weighted by Gasteiger charge is 2.06. The van der Waals surface area contributed by atoms with E-state index in [0.29, 0.717) is 12.5 Å². The molecule has 2 aromatic carbocycles. The molecule has 5 nitrogen and oxygen atoms in total. The fourth-order valence-corrected chi connectivity index (χ4v) is 2.78. The van der Waals surface area contributed by atoms with Crippen LogP contribution in [0.4, 0.5) is 5.95 Å². The zero-order valence-electron chi connectivity index (χ0n) is 13.8. The maximum absolute atomic E-state index is 4.58. The van der Waals surface area contributed by atoms with Crippen LogP contribution in [0.5, 0.6) is 0 Å². The van der Waals surface area contributed by atoms with Crippen LogP contribution in [0.25, 0.3) is 22.2 Å². The molecular formula is C20H17N5. The summed E-state index contributed by atoms with van der Waals surface area (Å²) in [7, 11) is 0. The van der Waals surface area contributed by atoms with E-state index in [1.165, 1.54) is 0 Å². The van der Waals surface area contributed by atoms with Crippen LogP contribution in [0, 0.1) is 6.92 Å². The van der Waals surface area contributed by atoms with Crippen molar-refractivity contribution in [2.24, 2.45) is 0 Å². The number of aromatic nitrogens is 4. The van der Waals surface area contributed by atoms with Crippen LogP contribution >= 0.6 is 0 Å². The molecule has 0 aliphatic carbocycles. The number of benzene rings is 2. The van der Waals surface area contributed by atoms with Crippen LogP contribution in [0.1, 0.15) is 11.1 Å². The summed E-state index contributed by atoms with van der Waals surface area (Å²) >= 11 is 0. The van der Waals surface area contributed by atoms with Crippen LogP contribution < -0.4 is 5.32 Å². The number of nitrogens with one attached hydrogen (secondary N) is 1.